The van der Waals surface area contributed by atoms with Crippen molar-refractivity contribution in [3.8, 4) is 22.5 Å². The van der Waals surface area contributed by atoms with Crippen LogP contribution in [0.1, 0.15) is 37.8 Å². The monoisotopic (exact) mass is 397 g/mol. The van der Waals surface area contributed by atoms with Crippen LogP contribution in [0.3, 0.4) is 0 Å². The minimum absolute atomic E-state index is 0.0475. The topological polar surface area (TPSA) is 48.0 Å². The number of aryl methyl sites for hydroxylation is 1. The van der Waals surface area contributed by atoms with Gasteiger partial charge in [-0.05, 0) is 30.7 Å². The maximum atomic E-state index is 14.6. The normalized spacial score (nSPS) is 13.6. The van der Waals surface area contributed by atoms with Gasteiger partial charge in [-0.3, -0.25) is 4.40 Å². The average Bonchev–Trinajstić information content (AvgIpc) is 3.39. The van der Waals surface area contributed by atoms with Crippen LogP contribution in [-0.4, -0.2) is 24.1 Å². The van der Waals surface area contributed by atoms with Crippen LogP contribution in [-0.2, 0) is 13.0 Å². The van der Waals surface area contributed by atoms with E-state index in [2.05, 4.69) is 15.2 Å². The number of hydrogen-bond donors (Lipinski definition) is 0. The molecule has 1 aromatic carbocycles. The summed E-state index contributed by atoms with van der Waals surface area (Å²) in [5, 5.41) is 8.44. The lowest BCUT2D eigenvalue weighted by molar-refractivity contribution is 0.449. The van der Waals surface area contributed by atoms with Crippen molar-refractivity contribution in [1.82, 2.24) is 24.1 Å². The van der Waals surface area contributed by atoms with Crippen molar-refractivity contribution >= 4 is 5.65 Å². The van der Waals surface area contributed by atoms with Crippen molar-refractivity contribution < 1.29 is 13.2 Å². The molecule has 0 amide bonds. The van der Waals surface area contributed by atoms with E-state index in [-0.39, 0.29) is 11.5 Å². The summed E-state index contributed by atoms with van der Waals surface area (Å²) in [6.45, 7) is 4.80. The van der Waals surface area contributed by atoms with Crippen molar-refractivity contribution in [2.45, 2.75) is 39.2 Å². The van der Waals surface area contributed by atoms with Crippen LogP contribution in [0, 0.1) is 17.5 Å². The largest absolute Gasteiger partial charge is 0.327 e. The molecule has 5 nitrogen and oxygen atoms in total. The van der Waals surface area contributed by atoms with Gasteiger partial charge in [0.25, 0.3) is 0 Å². The van der Waals surface area contributed by atoms with Crippen molar-refractivity contribution in [3.63, 3.8) is 0 Å². The van der Waals surface area contributed by atoms with Gasteiger partial charge in [0.1, 0.15) is 11.6 Å². The highest BCUT2D eigenvalue weighted by Crippen LogP contribution is 2.37. The van der Waals surface area contributed by atoms with E-state index in [0.29, 0.717) is 17.0 Å². The van der Waals surface area contributed by atoms with Crippen molar-refractivity contribution in [3.05, 3.63) is 59.6 Å². The number of hydrogen-bond acceptors (Lipinski definition) is 3. The van der Waals surface area contributed by atoms with E-state index in [4.69, 9.17) is 0 Å². The van der Waals surface area contributed by atoms with Gasteiger partial charge >= 0.3 is 0 Å². The Kier molecular flexibility index (Phi) is 3.97. The first-order valence-electron chi connectivity index (χ1n) is 9.54. The molecule has 5 rings (SSSR count). The molecule has 3 aromatic heterocycles. The Labute approximate surface area is 164 Å². The summed E-state index contributed by atoms with van der Waals surface area (Å²) in [4.78, 5) is 4.59. The van der Waals surface area contributed by atoms with E-state index in [1.165, 1.54) is 6.07 Å². The summed E-state index contributed by atoms with van der Waals surface area (Å²) in [5.74, 6) is -2.14. The van der Waals surface area contributed by atoms with Crippen LogP contribution in [0.2, 0.25) is 0 Å². The van der Waals surface area contributed by atoms with Gasteiger partial charge in [-0.25, -0.2) is 18.2 Å². The molecule has 0 radical (unpaired) electrons. The van der Waals surface area contributed by atoms with E-state index < -0.39 is 17.5 Å². The Morgan fingerprint density at radius 1 is 1.00 bits per heavy atom. The van der Waals surface area contributed by atoms with Crippen molar-refractivity contribution in [2.75, 3.05) is 0 Å². The van der Waals surface area contributed by atoms with Gasteiger partial charge in [0.05, 0.1) is 11.4 Å². The second-order valence-corrected chi connectivity index (χ2v) is 7.56. The number of rotatable bonds is 3. The standard InChI is InChI=1S/C21H18F3N5/c1-11(2)21-27-26-16-8-5-12(10-29(16)21)20-19(25-15-4-3-9-28(15)20)13-6-7-14(22)18(24)17(13)23/h5-8,10-11H,3-4,9H2,1-2H3. The molecule has 0 N–H and O–H groups in total. The van der Waals surface area contributed by atoms with Gasteiger partial charge in [0, 0.05) is 36.2 Å². The third-order valence-corrected chi connectivity index (χ3v) is 5.34. The van der Waals surface area contributed by atoms with Gasteiger partial charge in [-0.2, -0.15) is 0 Å². The molecule has 29 heavy (non-hydrogen) atoms. The van der Waals surface area contributed by atoms with Gasteiger partial charge in [0.15, 0.2) is 23.1 Å². The fraction of sp³-hybridized carbons (Fsp3) is 0.286. The number of imidazole rings is 1. The molecule has 0 bridgehead atoms. The first-order chi connectivity index (χ1) is 14.0. The summed E-state index contributed by atoms with van der Waals surface area (Å²) < 4.78 is 45.9. The minimum Gasteiger partial charge on any atom is -0.327 e. The molecule has 0 fully saturated rings. The van der Waals surface area contributed by atoms with Crippen LogP contribution >= 0.6 is 0 Å². The van der Waals surface area contributed by atoms with Crippen LogP contribution in [0.15, 0.2) is 30.5 Å². The molecule has 1 aliphatic heterocycles. The Balaban J connectivity index is 1.77. The maximum absolute atomic E-state index is 14.6. The van der Waals surface area contributed by atoms with Crippen LogP contribution < -0.4 is 0 Å². The van der Waals surface area contributed by atoms with E-state index >= 15 is 0 Å². The number of fused-ring (bicyclic) bond motifs is 2. The molecule has 0 spiro atoms. The summed E-state index contributed by atoms with van der Waals surface area (Å²) >= 11 is 0. The zero-order valence-electron chi connectivity index (χ0n) is 16.0. The van der Waals surface area contributed by atoms with Crippen molar-refractivity contribution in [1.29, 1.82) is 0 Å². The first-order valence-corrected chi connectivity index (χ1v) is 9.54. The molecule has 4 aromatic rings. The highest BCUT2D eigenvalue weighted by molar-refractivity contribution is 5.80. The lowest BCUT2D eigenvalue weighted by Gasteiger charge is -2.11. The predicted octanol–water partition coefficient (Wildman–Crippen LogP) is 4.75. The lowest BCUT2D eigenvalue weighted by Crippen LogP contribution is -2.01. The SMILES string of the molecule is CC(C)c1nnc2ccc(-c3c(-c4ccc(F)c(F)c4F)nc4n3CCC4)cn12. The Morgan fingerprint density at radius 2 is 1.83 bits per heavy atom. The second kappa shape index (κ2) is 6.43. The fourth-order valence-corrected chi connectivity index (χ4v) is 3.96. The molecule has 0 saturated heterocycles. The van der Waals surface area contributed by atoms with Crippen molar-refractivity contribution in [2.24, 2.45) is 0 Å². The van der Waals surface area contributed by atoms with Gasteiger partial charge in [-0.15, -0.1) is 10.2 Å². The molecular weight excluding hydrogens is 379 g/mol. The summed E-state index contributed by atoms with van der Waals surface area (Å²) in [6, 6.07) is 5.89. The smallest absolute Gasteiger partial charge is 0.195 e. The van der Waals surface area contributed by atoms with E-state index in [1.54, 1.807) is 0 Å². The van der Waals surface area contributed by atoms with E-state index in [0.717, 1.165) is 42.7 Å². The highest BCUT2D eigenvalue weighted by atomic mass is 19.2. The Hall–Kier alpha value is -3.16. The number of aromatic nitrogens is 5. The Bertz CT molecular complexity index is 1260. The minimum atomic E-state index is -1.49. The molecule has 0 unspecified atom stereocenters. The first kappa shape index (κ1) is 17.9. The molecule has 4 heterocycles. The van der Waals surface area contributed by atoms with Gasteiger partial charge in [0.2, 0.25) is 0 Å². The van der Waals surface area contributed by atoms with Gasteiger partial charge in [-0.1, -0.05) is 13.8 Å². The number of halogens is 3. The van der Waals surface area contributed by atoms with Crippen LogP contribution in [0.5, 0.6) is 0 Å². The highest BCUT2D eigenvalue weighted by Gasteiger charge is 2.27. The molecule has 1 aliphatic rings. The molecule has 0 saturated carbocycles. The average molecular weight is 397 g/mol. The summed E-state index contributed by atoms with van der Waals surface area (Å²) in [7, 11) is 0. The van der Waals surface area contributed by atoms with Crippen LogP contribution in [0.4, 0.5) is 13.2 Å². The third kappa shape index (κ3) is 2.66. The third-order valence-electron chi connectivity index (χ3n) is 5.34. The molecule has 8 heteroatoms. The molecule has 148 valence electrons. The van der Waals surface area contributed by atoms with Gasteiger partial charge < -0.3 is 4.57 Å². The van der Waals surface area contributed by atoms with Crippen LogP contribution in [0.25, 0.3) is 28.2 Å². The van der Waals surface area contributed by atoms with E-state index in [9.17, 15) is 13.2 Å². The molecule has 0 atom stereocenters. The summed E-state index contributed by atoms with van der Waals surface area (Å²) in [6.07, 6.45) is 3.58. The molecule has 0 aliphatic carbocycles. The summed E-state index contributed by atoms with van der Waals surface area (Å²) in [5.41, 5.74) is 2.45. The zero-order chi connectivity index (χ0) is 20.3. The second-order valence-electron chi connectivity index (χ2n) is 7.56. The maximum Gasteiger partial charge on any atom is 0.195 e. The number of nitrogens with zero attached hydrogens (tertiary/aromatic N) is 5. The fourth-order valence-electron chi connectivity index (χ4n) is 3.96. The van der Waals surface area contributed by atoms with E-state index in [1.807, 2.05) is 41.1 Å². The lowest BCUT2D eigenvalue weighted by atomic mass is 10.0. The number of pyridine rings is 1. The molecular formula is C21H18F3N5. The number of benzene rings is 1. The zero-order valence-corrected chi connectivity index (χ0v) is 16.0. The predicted molar refractivity (Wildman–Crippen MR) is 102 cm³/mol. The quantitative estimate of drug-likeness (QED) is 0.469. The Morgan fingerprint density at radius 3 is 2.62 bits per heavy atom.